The molecule has 1 aromatic carbocycles. The number of benzene rings is 1. The standard InChI is InChI=1S/C17H24BrN3/c1-4-7-12(8-5-2)16-15(17(19)21(3)20-16)13-9-6-10-14(18)11-13/h6,9-12H,4-5,7-8,19H2,1-3H3. The van der Waals surface area contributed by atoms with Gasteiger partial charge in [-0.15, -0.1) is 0 Å². The lowest BCUT2D eigenvalue weighted by Crippen LogP contribution is -2.02. The van der Waals surface area contributed by atoms with Crippen molar-refractivity contribution in [2.75, 3.05) is 5.73 Å². The molecule has 1 heterocycles. The van der Waals surface area contributed by atoms with Crippen LogP contribution in [0.3, 0.4) is 0 Å². The first-order chi connectivity index (χ1) is 10.1. The highest BCUT2D eigenvalue weighted by Gasteiger charge is 2.22. The number of halogens is 1. The second-order valence-electron chi connectivity index (χ2n) is 5.55. The Morgan fingerprint density at radius 1 is 1.24 bits per heavy atom. The van der Waals surface area contributed by atoms with E-state index in [9.17, 15) is 0 Å². The number of aryl methyl sites for hydroxylation is 1. The van der Waals surface area contributed by atoms with Crippen LogP contribution < -0.4 is 5.73 Å². The van der Waals surface area contributed by atoms with Crippen molar-refractivity contribution in [1.29, 1.82) is 0 Å². The van der Waals surface area contributed by atoms with E-state index in [4.69, 9.17) is 10.8 Å². The maximum Gasteiger partial charge on any atom is 0.129 e. The molecule has 0 aliphatic heterocycles. The van der Waals surface area contributed by atoms with Gasteiger partial charge in [-0.2, -0.15) is 5.10 Å². The lowest BCUT2D eigenvalue weighted by atomic mass is 9.90. The SMILES string of the molecule is CCCC(CCC)c1nn(C)c(N)c1-c1cccc(Br)c1. The van der Waals surface area contributed by atoms with Crippen LogP contribution in [0.2, 0.25) is 0 Å². The fraction of sp³-hybridized carbons (Fsp3) is 0.471. The molecule has 4 heteroatoms. The van der Waals surface area contributed by atoms with E-state index in [1.807, 2.05) is 23.9 Å². The Hall–Kier alpha value is -1.29. The minimum atomic E-state index is 0.484. The van der Waals surface area contributed by atoms with Crippen molar-refractivity contribution in [2.45, 2.75) is 45.4 Å². The fourth-order valence-corrected chi connectivity index (χ4v) is 3.30. The Kier molecular flexibility index (Phi) is 5.45. The largest absolute Gasteiger partial charge is 0.383 e. The number of nitrogens with zero attached hydrogens (tertiary/aromatic N) is 2. The molecule has 0 amide bonds. The Morgan fingerprint density at radius 2 is 1.90 bits per heavy atom. The van der Waals surface area contributed by atoms with E-state index in [0.717, 1.165) is 40.0 Å². The quantitative estimate of drug-likeness (QED) is 0.786. The van der Waals surface area contributed by atoms with E-state index in [0.29, 0.717) is 5.92 Å². The highest BCUT2D eigenvalue weighted by molar-refractivity contribution is 9.10. The van der Waals surface area contributed by atoms with E-state index < -0.39 is 0 Å². The molecular formula is C17H24BrN3. The van der Waals surface area contributed by atoms with Gasteiger partial charge in [0.1, 0.15) is 5.82 Å². The number of rotatable bonds is 6. The van der Waals surface area contributed by atoms with E-state index in [1.54, 1.807) is 0 Å². The summed E-state index contributed by atoms with van der Waals surface area (Å²) in [6.45, 7) is 4.46. The van der Waals surface area contributed by atoms with Crippen molar-refractivity contribution in [3.8, 4) is 11.1 Å². The van der Waals surface area contributed by atoms with Crippen LogP contribution in [-0.4, -0.2) is 9.78 Å². The monoisotopic (exact) mass is 349 g/mol. The van der Waals surface area contributed by atoms with Gasteiger partial charge < -0.3 is 5.73 Å². The first-order valence-electron chi connectivity index (χ1n) is 7.66. The first-order valence-corrected chi connectivity index (χ1v) is 8.46. The summed E-state index contributed by atoms with van der Waals surface area (Å²) < 4.78 is 2.88. The van der Waals surface area contributed by atoms with Crippen LogP contribution in [0.5, 0.6) is 0 Å². The molecule has 114 valence electrons. The summed E-state index contributed by atoms with van der Waals surface area (Å²) in [4.78, 5) is 0. The minimum Gasteiger partial charge on any atom is -0.383 e. The van der Waals surface area contributed by atoms with E-state index in [2.05, 4.69) is 41.9 Å². The van der Waals surface area contributed by atoms with Crippen LogP contribution in [0, 0.1) is 0 Å². The molecule has 0 fully saturated rings. The molecule has 0 saturated heterocycles. The molecule has 2 N–H and O–H groups in total. The van der Waals surface area contributed by atoms with Gasteiger partial charge in [0.2, 0.25) is 0 Å². The predicted molar refractivity (Wildman–Crippen MR) is 93.3 cm³/mol. The van der Waals surface area contributed by atoms with E-state index in [-0.39, 0.29) is 0 Å². The Labute approximate surface area is 135 Å². The fourth-order valence-electron chi connectivity index (χ4n) is 2.90. The number of nitrogen functional groups attached to an aromatic ring is 1. The molecule has 0 unspecified atom stereocenters. The topological polar surface area (TPSA) is 43.8 Å². The van der Waals surface area contributed by atoms with Gasteiger partial charge >= 0.3 is 0 Å². The zero-order valence-corrected chi connectivity index (χ0v) is 14.7. The molecule has 0 aliphatic carbocycles. The van der Waals surface area contributed by atoms with Gasteiger partial charge in [0.05, 0.1) is 5.69 Å². The molecule has 0 radical (unpaired) electrons. The van der Waals surface area contributed by atoms with Crippen molar-refractivity contribution >= 4 is 21.7 Å². The average Bonchev–Trinajstić information content (AvgIpc) is 2.74. The molecule has 1 aromatic heterocycles. The number of hydrogen-bond donors (Lipinski definition) is 1. The summed E-state index contributed by atoms with van der Waals surface area (Å²) in [7, 11) is 1.93. The third-order valence-electron chi connectivity index (χ3n) is 3.89. The van der Waals surface area contributed by atoms with Gasteiger partial charge in [-0.3, -0.25) is 4.68 Å². The highest BCUT2D eigenvalue weighted by atomic mass is 79.9. The number of aromatic nitrogens is 2. The second kappa shape index (κ2) is 7.12. The smallest absolute Gasteiger partial charge is 0.129 e. The zero-order valence-electron chi connectivity index (χ0n) is 13.1. The Balaban J connectivity index is 2.54. The number of hydrogen-bond acceptors (Lipinski definition) is 2. The molecule has 0 aliphatic rings. The maximum atomic E-state index is 6.30. The molecule has 3 nitrogen and oxygen atoms in total. The Bertz CT molecular complexity index is 598. The van der Waals surface area contributed by atoms with Crippen LogP contribution in [0.25, 0.3) is 11.1 Å². The lowest BCUT2D eigenvalue weighted by Gasteiger charge is -2.15. The lowest BCUT2D eigenvalue weighted by molar-refractivity contribution is 0.540. The van der Waals surface area contributed by atoms with E-state index in [1.165, 1.54) is 12.8 Å². The van der Waals surface area contributed by atoms with Crippen molar-refractivity contribution in [2.24, 2.45) is 7.05 Å². The van der Waals surface area contributed by atoms with Crippen LogP contribution in [0.15, 0.2) is 28.7 Å². The molecule has 0 bridgehead atoms. The summed E-state index contributed by atoms with van der Waals surface area (Å²) in [5.74, 6) is 1.23. The van der Waals surface area contributed by atoms with Crippen LogP contribution in [0.4, 0.5) is 5.82 Å². The molecule has 0 atom stereocenters. The summed E-state index contributed by atoms with van der Waals surface area (Å²) in [6, 6.07) is 8.30. The molecular weight excluding hydrogens is 326 g/mol. The molecule has 2 aromatic rings. The molecule has 21 heavy (non-hydrogen) atoms. The van der Waals surface area contributed by atoms with Gasteiger partial charge in [0.15, 0.2) is 0 Å². The van der Waals surface area contributed by atoms with Crippen molar-refractivity contribution in [1.82, 2.24) is 9.78 Å². The number of nitrogens with two attached hydrogens (primary N) is 1. The van der Waals surface area contributed by atoms with Gasteiger partial charge in [-0.05, 0) is 30.5 Å². The van der Waals surface area contributed by atoms with Gasteiger partial charge in [-0.25, -0.2) is 0 Å². The Morgan fingerprint density at radius 3 is 2.48 bits per heavy atom. The van der Waals surface area contributed by atoms with Crippen molar-refractivity contribution in [3.05, 3.63) is 34.4 Å². The van der Waals surface area contributed by atoms with E-state index >= 15 is 0 Å². The molecule has 0 saturated carbocycles. The highest BCUT2D eigenvalue weighted by Crippen LogP contribution is 2.38. The van der Waals surface area contributed by atoms with Gasteiger partial charge in [0, 0.05) is 23.0 Å². The molecule has 2 rings (SSSR count). The maximum absolute atomic E-state index is 6.30. The van der Waals surface area contributed by atoms with Crippen LogP contribution >= 0.6 is 15.9 Å². The van der Waals surface area contributed by atoms with Crippen LogP contribution in [-0.2, 0) is 7.05 Å². The van der Waals surface area contributed by atoms with Crippen LogP contribution in [0.1, 0.15) is 51.1 Å². The molecule has 0 spiro atoms. The third kappa shape index (κ3) is 3.49. The summed E-state index contributed by atoms with van der Waals surface area (Å²) >= 11 is 3.55. The summed E-state index contributed by atoms with van der Waals surface area (Å²) in [5, 5.41) is 4.73. The first kappa shape index (κ1) is 16.1. The second-order valence-corrected chi connectivity index (χ2v) is 6.47. The predicted octanol–water partition coefficient (Wildman–Crippen LogP) is 5.12. The van der Waals surface area contributed by atoms with Gasteiger partial charge in [-0.1, -0.05) is 54.8 Å². The number of anilines is 1. The summed E-state index contributed by atoms with van der Waals surface area (Å²) in [6.07, 6.45) is 4.65. The minimum absolute atomic E-state index is 0.484. The normalized spacial score (nSPS) is 11.3. The van der Waals surface area contributed by atoms with Crippen molar-refractivity contribution in [3.63, 3.8) is 0 Å². The summed E-state index contributed by atoms with van der Waals surface area (Å²) in [5.41, 5.74) is 9.69. The average molecular weight is 350 g/mol. The van der Waals surface area contributed by atoms with Crippen molar-refractivity contribution < 1.29 is 0 Å². The third-order valence-corrected chi connectivity index (χ3v) is 4.39. The zero-order chi connectivity index (χ0) is 15.4. The van der Waals surface area contributed by atoms with Gasteiger partial charge in [0.25, 0.3) is 0 Å².